The lowest BCUT2D eigenvalue weighted by Gasteiger charge is -2.24. The summed E-state index contributed by atoms with van der Waals surface area (Å²) in [6, 6.07) is 13.5. The Hall–Kier alpha value is -2.69. The van der Waals surface area contributed by atoms with Crippen LogP contribution in [-0.2, 0) is 4.79 Å². The van der Waals surface area contributed by atoms with Gasteiger partial charge in [-0.2, -0.15) is 0 Å². The summed E-state index contributed by atoms with van der Waals surface area (Å²) in [6.07, 6.45) is 3.18. The molecule has 0 bridgehead atoms. The number of benzene rings is 2. The number of carbonyl (C=O) groups is 1. The molecule has 1 heterocycles. The van der Waals surface area contributed by atoms with Crippen LogP contribution < -0.4 is 20.1 Å². The van der Waals surface area contributed by atoms with Crippen LogP contribution in [0.4, 0.5) is 17.1 Å². The number of fused-ring (bicyclic) bond motifs is 1. The average Bonchev–Trinajstić information content (AvgIpc) is 2.55. The van der Waals surface area contributed by atoms with Crippen molar-refractivity contribution in [1.29, 1.82) is 0 Å². The van der Waals surface area contributed by atoms with Crippen LogP contribution in [0.1, 0.15) is 19.3 Å². The fourth-order valence-corrected chi connectivity index (χ4v) is 2.84. The third-order valence-electron chi connectivity index (χ3n) is 4.46. The first-order valence-electron chi connectivity index (χ1n) is 8.35. The number of ether oxygens (including phenoxy) is 2. The highest BCUT2D eigenvalue weighted by Crippen LogP contribution is 2.34. The van der Waals surface area contributed by atoms with E-state index in [0.717, 1.165) is 47.8 Å². The highest BCUT2D eigenvalue weighted by atomic mass is 16.6. The van der Waals surface area contributed by atoms with Crippen LogP contribution in [0.3, 0.4) is 0 Å². The zero-order valence-electron chi connectivity index (χ0n) is 13.4. The molecule has 2 N–H and O–H groups in total. The molecular weight excluding hydrogens is 304 g/mol. The molecule has 0 unspecified atom stereocenters. The topological polar surface area (TPSA) is 59.6 Å². The fraction of sp³-hybridized carbons (Fsp3) is 0.316. The first kappa shape index (κ1) is 14.9. The molecule has 0 aromatic heterocycles. The van der Waals surface area contributed by atoms with Crippen molar-refractivity contribution in [1.82, 2.24) is 0 Å². The summed E-state index contributed by atoms with van der Waals surface area (Å²) in [7, 11) is 0. The van der Waals surface area contributed by atoms with Crippen LogP contribution in [0, 0.1) is 5.92 Å². The predicted molar refractivity (Wildman–Crippen MR) is 93.1 cm³/mol. The summed E-state index contributed by atoms with van der Waals surface area (Å²) in [6.45, 7) is 1.17. The van der Waals surface area contributed by atoms with Gasteiger partial charge >= 0.3 is 0 Å². The number of carbonyl (C=O) groups excluding carboxylic acids is 1. The van der Waals surface area contributed by atoms with Gasteiger partial charge in [-0.1, -0.05) is 6.42 Å². The third kappa shape index (κ3) is 3.15. The van der Waals surface area contributed by atoms with Crippen LogP contribution in [0.5, 0.6) is 11.5 Å². The van der Waals surface area contributed by atoms with E-state index in [-0.39, 0.29) is 11.8 Å². The number of rotatable bonds is 4. The SMILES string of the molecule is O=C(Nc1ccc(Nc2ccc3c(c2)OCCO3)cc1)C1CCC1. The Morgan fingerprint density at radius 3 is 2.25 bits per heavy atom. The lowest BCUT2D eigenvalue weighted by Crippen LogP contribution is -2.27. The largest absolute Gasteiger partial charge is 0.486 e. The Labute approximate surface area is 141 Å². The summed E-state index contributed by atoms with van der Waals surface area (Å²) in [5, 5.41) is 6.30. The lowest BCUT2D eigenvalue weighted by molar-refractivity contribution is -0.122. The quantitative estimate of drug-likeness (QED) is 0.894. The van der Waals surface area contributed by atoms with Gasteiger partial charge in [0.25, 0.3) is 0 Å². The molecule has 2 aromatic rings. The molecule has 2 aromatic carbocycles. The summed E-state index contributed by atoms with van der Waals surface area (Å²) in [4.78, 5) is 12.0. The van der Waals surface area contributed by atoms with Crippen molar-refractivity contribution in [2.75, 3.05) is 23.8 Å². The van der Waals surface area contributed by atoms with Gasteiger partial charge in [-0.25, -0.2) is 0 Å². The number of anilines is 3. The summed E-state index contributed by atoms with van der Waals surface area (Å²) in [5.41, 5.74) is 2.72. The Morgan fingerprint density at radius 1 is 0.875 bits per heavy atom. The molecule has 0 saturated heterocycles. The van der Waals surface area contributed by atoms with Gasteiger partial charge in [0.05, 0.1) is 0 Å². The van der Waals surface area contributed by atoms with Gasteiger partial charge < -0.3 is 20.1 Å². The van der Waals surface area contributed by atoms with Gasteiger partial charge in [0.15, 0.2) is 11.5 Å². The maximum absolute atomic E-state index is 12.0. The number of hydrogen-bond acceptors (Lipinski definition) is 4. The second-order valence-corrected chi connectivity index (χ2v) is 6.18. The van der Waals surface area contributed by atoms with Crippen molar-refractivity contribution >= 4 is 23.0 Å². The van der Waals surface area contributed by atoms with Crippen molar-refractivity contribution in [3.8, 4) is 11.5 Å². The van der Waals surface area contributed by atoms with E-state index in [4.69, 9.17) is 9.47 Å². The molecule has 0 spiro atoms. The average molecular weight is 324 g/mol. The Bertz CT molecular complexity index is 739. The van der Waals surface area contributed by atoms with Crippen molar-refractivity contribution < 1.29 is 14.3 Å². The Balaban J connectivity index is 1.40. The van der Waals surface area contributed by atoms with E-state index in [1.54, 1.807) is 0 Å². The zero-order chi connectivity index (χ0) is 16.4. The zero-order valence-corrected chi connectivity index (χ0v) is 13.4. The lowest BCUT2D eigenvalue weighted by atomic mass is 9.85. The molecule has 1 amide bonds. The van der Waals surface area contributed by atoms with Crippen molar-refractivity contribution in [3.63, 3.8) is 0 Å². The maximum atomic E-state index is 12.0. The molecule has 24 heavy (non-hydrogen) atoms. The van der Waals surface area contributed by atoms with E-state index in [1.807, 2.05) is 42.5 Å². The summed E-state index contributed by atoms with van der Waals surface area (Å²) in [5.74, 6) is 1.87. The van der Waals surface area contributed by atoms with Gasteiger partial charge in [-0.3, -0.25) is 4.79 Å². The van der Waals surface area contributed by atoms with E-state index in [1.165, 1.54) is 0 Å². The third-order valence-corrected chi connectivity index (χ3v) is 4.46. The van der Waals surface area contributed by atoms with Gasteiger partial charge in [0.2, 0.25) is 5.91 Å². The van der Waals surface area contributed by atoms with E-state index >= 15 is 0 Å². The minimum absolute atomic E-state index is 0.133. The molecule has 1 saturated carbocycles. The van der Waals surface area contributed by atoms with Crippen LogP contribution in [-0.4, -0.2) is 19.1 Å². The molecule has 4 rings (SSSR count). The van der Waals surface area contributed by atoms with Crippen molar-refractivity contribution in [2.45, 2.75) is 19.3 Å². The number of hydrogen-bond donors (Lipinski definition) is 2. The standard InChI is InChI=1S/C19H20N2O3/c22-19(13-2-1-3-13)21-15-6-4-14(5-7-15)20-16-8-9-17-18(12-16)24-11-10-23-17/h4-9,12-13,20H,1-3,10-11H2,(H,21,22). The molecule has 0 atom stereocenters. The molecule has 5 nitrogen and oxygen atoms in total. The molecule has 5 heteroatoms. The molecular formula is C19H20N2O3. The smallest absolute Gasteiger partial charge is 0.227 e. The van der Waals surface area contributed by atoms with Crippen molar-refractivity contribution in [2.24, 2.45) is 5.92 Å². The minimum Gasteiger partial charge on any atom is -0.486 e. The fourth-order valence-electron chi connectivity index (χ4n) is 2.84. The Kier molecular flexibility index (Phi) is 3.99. The summed E-state index contributed by atoms with van der Waals surface area (Å²) >= 11 is 0. The molecule has 1 fully saturated rings. The molecule has 1 aliphatic heterocycles. The van der Waals surface area contributed by atoms with E-state index in [2.05, 4.69) is 10.6 Å². The number of nitrogens with one attached hydrogen (secondary N) is 2. The highest BCUT2D eigenvalue weighted by Gasteiger charge is 2.25. The van der Waals surface area contributed by atoms with Crippen LogP contribution in [0.25, 0.3) is 0 Å². The minimum atomic E-state index is 0.133. The second kappa shape index (κ2) is 6.43. The van der Waals surface area contributed by atoms with Gasteiger partial charge in [0, 0.05) is 29.0 Å². The first-order valence-corrected chi connectivity index (χ1v) is 8.35. The second-order valence-electron chi connectivity index (χ2n) is 6.18. The van der Waals surface area contributed by atoms with E-state index < -0.39 is 0 Å². The van der Waals surface area contributed by atoms with Crippen LogP contribution in [0.15, 0.2) is 42.5 Å². The van der Waals surface area contributed by atoms with E-state index in [9.17, 15) is 4.79 Å². The normalized spacial score (nSPS) is 16.2. The summed E-state index contributed by atoms with van der Waals surface area (Å²) < 4.78 is 11.1. The predicted octanol–water partition coefficient (Wildman–Crippen LogP) is 3.94. The van der Waals surface area contributed by atoms with Gasteiger partial charge in [0.1, 0.15) is 13.2 Å². The number of amides is 1. The Morgan fingerprint density at radius 2 is 1.54 bits per heavy atom. The van der Waals surface area contributed by atoms with Crippen molar-refractivity contribution in [3.05, 3.63) is 42.5 Å². The molecule has 1 aliphatic carbocycles. The molecule has 124 valence electrons. The van der Waals surface area contributed by atoms with E-state index in [0.29, 0.717) is 13.2 Å². The highest BCUT2D eigenvalue weighted by molar-refractivity contribution is 5.93. The maximum Gasteiger partial charge on any atom is 0.227 e. The first-order chi connectivity index (χ1) is 11.8. The van der Waals surface area contributed by atoms with Gasteiger partial charge in [-0.15, -0.1) is 0 Å². The van der Waals surface area contributed by atoms with Crippen LogP contribution >= 0.6 is 0 Å². The van der Waals surface area contributed by atoms with Gasteiger partial charge in [-0.05, 0) is 49.2 Å². The monoisotopic (exact) mass is 324 g/mol. The molecule has 0 radical (unpaired) electrons. The molecule has 2 aliphatic rings. The van der Waals surface area contributed by atoms with Crippen LogP contribution in [0.2, 0.25) is 0 Å².